The average Bonchev–Trinajstić information content (AvgIpc) is 2.89. The topological polar surface area (TPSA) is 46.4 Å². The van der Waals surface area contributed by atoms with Crippen LogP contribution in [-0.4, -0.2) is 15.3 Å². The number of nitrogens with zero attached hydrogens (tertiary/aromatic N) is 2. The first-order valence-electron chi connectivity index (χ1n) is 7.40. The summed E-state index contributed by atoms with van der Waals surface area (Å²) < 4.78 is 1.94. The van der Waals surface area contributed by atoms with Gasteiger partial charge in [0.1, 0.15) is 5.65 Å². The Morgan fingerprint density at radius 1 is 1.27 bits per heavy atom. The van der Waals surface area contributed by atoms with E-state index in [0.29, 0.717) is 0 Å². The van der Waals surface area contributed by atoms with E-state index in [2.05, 4.69) is 10.3 Å². The molecule has 0 aliphatic heterocycles. The third-order valence-electron chi connectivity index (χ3n) is 3.68. The van der Waals surface area contributed by atoms with E-state index in [4.69, 9.17) is 0 Å². The summed E-state index contributed by atoms with van der Waals surface area (Å²) in [6.07, 6.45) is 4.16. The van der Waals surface area contributed by atoms with E-state index in [1.807, 2.05) is 73.1 Å². The van der Waals surface area contributed by atoms with Crippen molar-refractivity contribution < 1.29 is 4.79 Å². The van der Waals surface area contributed by atoms with Gasteiger partial charge < -0.3 is 9.72 Å². The van der Waals surface area contributed by atoms with Crippen molar-refractivity contribution in [3.8, 4) is 0 Å². The number of rotatable bonds is 4. The predicted molar refractivity (Wildman–Crippen MR) is 86.6 cm³/mol. The van der Waals surface area contributed by atoms with E-state index in [0.717, 1.165) is 22.5 Å². The van der Waals surface area contributed by atoms with Crippen molar-refractivity contribution in [1.29, 1.82) is 0 Å². The second kappa shape index (κ2) is 6.02. The number of pyridine rings is 1. The molecule has 0 radical (unpaired) electrons. The molecular formula is C18H19N3O. The Balaban J connectivity index is 1.68. The molecule has 22 heavy (non-hydrogen) atoms. The standard InChI is InChI=1S/C18H19N3O/c1-13-8-9-21-12-16(20-17(21)10-13)11-18(22)19-14(2)15-6-4-3-5-7-15/h3-10,12,14H,11H2,1-2H3,(H,19,22). The molecule has 0 aliphatic rings. The molecule has 4 nitrogen and oxygen atoms in total. The van der Waals surface area contributed by atoms with Gasteiger partial charge in [0.05, 0.1) is 18.2 Å². The molecule has 1 aromatic carbocycles. The Kier molecular flexibility index (Phi) is 3.92. The maximum absolute atomic E-state index is 12.2. The fourth-order valence-electron chi connectivity index (χ4n) is 2.50. The predicted octanol–water partition coefficient (Wildman–Crippen LogP) is 3.06. The van der Waals surface area contributed by atoms with E-state index in [1.165, 1.54) is 0 Å². The molecule has 0 saturated heterocycles. The normalized spacial score (nSPS) is 12.3. The van der Waals surface area contributed by atoms with Crippen molar-refractivity contribution in [2.75, 3.05) is 0 Å². The van der Waals surface area contributed by atoms with Crippen LogP contribution in [0.5, 0.6) is 0 Å². The van der Waals surface area contributed by atoms with Crippen LogP contribution in [0.25, 0.3) is 5.65 Å². The van der Waals surface area contributed by atoms with Gasteiger partial charge in [0.25, 0.3) is 0 Å². The number of carbonyl (C=O) groups is 1. The SMILES string of the molecule is Cc1ccn2cc(CC(=O)NC(C)c3ccccc3)nc2c1. The molecule has 1 N–H and O–H groups in total. The molecule has 1 atom stereocenters. The Bertz CT molecular complexity index is 792. The summed E-state index contributed by atoms with van der Waals surface area (Å²) in [5.41, 5.74) is 3.91. The highest BCUT2D eigenvalue weighted by Gasteiger charge is 2.11. The van der Waals surface area contributed by atoms with Gasteiger partial charge in [-0.05, 0) is 37.1 Å². The molecule has 3 rings (SSSR count). The monoisotopic (exact) mass is 293 g/mol. The summed E-state index contributed by atoms with van der Waals surface area (Å²) in [4.78, 5) is 16.7. The maximum Gasteiger partial charge on any atom is 0.226 e. The van der Waals surface area contributed by atoms with Crippen molar-refractivity contribution in [3.05, 3.63) is 71.7 Å². The molecule has 0 fully saturated rings. The highest BCUT2D eigenvalue weighted by atomic mass is 16.1. The van der Waals surface area contributed by atoms with Crippen LogP contribution in [0, 0.1) is 6.92 Å². The number of fused-ring (bicyclic) bond motifs is 1. The second-order valence-corrected chi connectivity index (χ2v) is 5.58. The number of nitrogens with one attached hydrogen (secondary N) is 1. The van der Waals surface area contributed by atoms with E-state index < -0.39 is 0 Å². The van der Waals surface area contributed by atoms with Gasteiger partial charge in [-0.3, -0.25) is 4.79 Å². The van der Waals surface area contributed by atoms with Crippen LogP contribution in [0.15, 0.2) is 54.9 Å². The molecule has 4 heteroatoms. The molecular weight excluding hydrogens is 274 g/mol. The molecule has 2 heterocycles. The van der Waals surface area contributed by atoms with Gasteiger partial charge in [0, 0.05) is 12.4 Å². The lowest BCUT2D eigenvalue weighted by atomic mass is 10.1. The Hall–Kier alpha value is -2.62. The van der Waals surface area contributed by atoms with Crippen LogP contribution < -0.4 is 5.32 Å². The summed E-state index contributed by atoms with van der Waals surface area (Å²) in [7, 11) is 0. The zero-order valence-electron chi connectivity index (χ0n) is 12.8. The highest BCUT2D eigenvalue weighted by molar-refractivity contribution is 5.78. The molecule has 2 aromatic heterocycles. The molecule has 112 valence electrons. The van der Waals surface area contributed by atoms with Crippen molar-refractivity contribution in [2.24, 2.45) is 0 Å². The number of aromatic nitrogens is 2. The van der Waals surface area contributed by atoms with Crippen molar-refractivity contribution >= 4 is 11.6 Å². The average molecular weight is 293 g/mol. The van der Waals surface area contributed by atoms with E-state index in [1.54, 1.807) is 0 Å². The number of carbonyl (C=O) groups excluding carboxylic acids is 1. The van der Waals surface area contributed by atoms with Crippen LogP contribution in [0.1, 0.15) is 29.8 Å². The third kappa shape index (κ3) is 3.17. The van der Waals surface area contributed by atoms with Gasteiger partial charge in [0.15, 0.2) is 0 Å². The number of benzene rings is 1. The minimum Gasteiger partial charge on any atom is -0.349 e. The molecule has 0 aliphatic carbocycles. The number of hydrogen-bond acceptors (Lipinski definition) is 2. The summed E-state index contributed by atoms with van der Waals surface area (Å²) >= 11 is 0. The first-order valence-corrected chi connectivity index (χ1v) is 7.40. The smallest absolute Gasteiger partial charge is 0.226 e. The van der Waals surface area contributed by atoms with Gasteiger partial charge >= 0.3 is 0 Å². The van der Waals surface area contributed by atoms with Crippen LogP contribution >= 0.6 is 0 Å². The van der Waals surface area contributed by atoms with Crippen LogP contribution in [0.4, 0.5) is 0 Å². The van der Waals surface area contributed by atoms with Crippen LogP contribution in [0.3, 0.4) is 0 Å². The first-order chi connectivity index (χ1) is 10.6. The number of aryl methyl sites for hydroxylation is 1. The van der Waals surface area contributed by atoms with Crippen molar-refractivity contribution in [1.82, 2.24) is 14.7 Å². The minimum atomic E-state index is -0.0171. The molecule has 0 bridgehead atoms. The lowest BCUT2D eigenvalue weighted by Crippen LogP contribution is -2.28. The van der Waals surface area contributed by atoms with Gasteiger partial charge in [-0.2, -0.15) is 0 Å². The Morgan fingerprint density at radius 2 is 2.05 bits per heavy atom. The fourth-order valence-corrected chi connectivity index (χ4v) is 2.50. The lowest BCUT2D eigenvalue weighted by molar-refractivity contribution is -0.121. The van der Waals surface area contributed by atoms with E-state index >= 15 is 0 Å². The number of imidazole rings is 1. The fraction of sp³-hybridized carbons (Fsp3) is 0.222. The van der Waals surface area contributed by atoms with E-state index in [9.17, 15) is 4.79 Å². The van der Waals surface area contributed by atoms with Gasteiger partial charge in [-0.15, -0.1) is 0 Å². The van der Waals surface area contributed by atoms with Crippen LogP contribution in [-0.2, 0) is 11.2 Å². The summed E-state index contributed by atoms with van der Waals surface area (Å²) in [5, 5.41) is 3.01. The summed E-state index contributed by atoms with van der Waals surface area (Å²) in [6.45, 7) is 4.02. The lowest BCUT2D eigenvalue weighted by Gasteiger charge is -2.13. The Morgan fingerprint density at radius 3 is 2.82 bits per heavy atom. The first kappa shape index (κ1) is 14.3. The zero-order valence-corrected chi connectivity index (χ0v) is 12.8. The van der Waals surface area contributed by atoms with Crippen molar-refractivity contribution in [3.63, 3.8) is 0 Å². The van der Waals surface area contributed by atoms with E-state index in [-0.39, 0.29) is 18.4 Å². The molecule has 0 saturated carbocycles. The molecule has 3 aromatic rings. The molecule has 1 unspecified atom stereocenters. The second-order valence-electron chi connectivity index (χ2n) is 5.58. The number of hydrogen-bond donors (Lipinski definition) is 1. The largest absolute Gasteiger partial charge is 0.349 e. The number of amides is 1. The highest BCUT2D eigenvalue weighted by Crippen LogP contribution is 2.12. The third-order valence-corrected chi connectivity index (χ3v) is 3.68. The molecule has 1 amide bonds. The summed E-state index contributed by atoms with van der Waals surface area (Å²) in [6, 6.07) is 14.0. The maximum atomic E-state index is 12.2. The molecule has 0 spiro atoms. The van der Waals surface area contributed by atoms with Gasteiger partial charge in [0.2, 0.25) is 5.91 Å². The quantitative estimate of drug-likeness (QED) is 0.803. The van der Waals surface area contributed by atoms with Gasteiger partial charge in [-0.1, -0.05) is 30.3 Å². The van der Waals surface area contributed by atoms with Gasteiger partial charge in [-0.25, -0.2) is 4.98 Å². The minimum absolute atomic E-state index is 0.00650. The summed E-state index contributed by atoms with van der Waals surface area (Å²) in [5.74, 6) is -0.0171. The zero-order chi connectivity index (χ0) is 15.5. The van der Waals surface area contributed by atoms with Crippen LogP contribution in [0.2, 0.25) is 0 Å². The Labute approximate surface area is 129 Å². The van der Waals surface area contributed by atoms with Crippen molar-refractivity contribution in [2.45, 2.75) is 26.3 Å².